The van der Waals surface area contributed by atoms with Crippen molar-refractivity contribution in [3.63, 3.8) is 0 Å². The Balaban J connectivity index is 1.64. The molecule has 0 saturated heterocycles. The zero-order valence-electron chi connectivity index (χ0n) is 19.2. The van der Waals surface area contributed by atoms with Crippen molar-refractivity contribution in [1.82, 2.24) is 24.1 Å². The van der Waals surface area contributed by atoms with Gasteiger partial charge in [-0.3, -0.25) is 4.57 Å². The fourth-order valence-electron chi connectivity index (χ4n) is 5.67. The summed E-state index contributed by atoms with van der Waals surface area (Å²) >= 11 is 0. The summed E-state index contributed by atoms with van der Waals surface area (Å²) in [5, 5.41) is 7.36. The second-order valence-electron chi connectivity index (χ2n) is 9.03. The highest BCUT2D eigenvalue weighted by atomic mass is 15.2. The predicted octanol–water partition coefficient (Wildman–Crippen LogP) is 7.22. The summed E-state index contributed by atoms with van der Waals surface area (Å²) in [6, 6.07) is 36.8. The second-order valence-corrected chi connectivity index (χ2v) is 9.03. The third kappa shape index (κ3) is 2.57. The predicted molar refractivity (Wildman–Crippen MR) is 146 cm³/mol. The fraction of sp³-hybridized carbons (Fsp3) is 0. The lowest BCUT2D eigenvalue weighted by Crippen LogP contribution is -2.01. The smallest absolute Gasteiger partial charge is 0.237 e. The summed E-state index contributed by atoms with van der Waals surface area (Å²) in [7, 11) is 0. The van der Waals surface area contributed by atoms with Crippen molar-refractivity contribution < 1.29 is 0 Å². The minimum absolute atomic E-state index is 0.614. The molecule has 0 aliphatic heterocycles. The van der Waals surface area contributed by atoms with Gasteiger partial charge in [0.05, 0.1) is 22.1 Å². The number of nitrogens with zero attached hydrogens (tertiary/aromatic N) is 5. The number of hydrogen-bond acceptors (Lipinski definition) is 3. The molecule has 168 valence electrons. The number of aromatic nitrogens is 5. The lowest BCUT2D eigenvalue weighted by atomic mass is 10.0. The molecule has 3 aromatic heterocycles. The maximum atomic E-state index is 4.50. The van der Waals surface area contributed by atoms with Crippen LogP contribution in [0.5, 0.6) is 0 Å². The molecule has 8 rings (SSSR count). The van der Waals surface area contributed by atoms with Crippen LogP contribution in [-0.2, 0) is 0 Å². The molecule has 0 bridgehead atoms. The van der Waals surface area contributed by atoms with Gasteiger partial charge in [-0.05, 0) is 47.2 Å². The van der Waals surface area contributed by atoms with Crippen LogP contribution in [0.25, 0.3) is 66.0 Å². The Hall–Kier alpha value is -5.03. The van der Waals surface area contributed by atoms with Gasteiger partial charge in [0.15, 0.2) is 0 Å². The van der Waals surface area contributed by atoms with Crippen molar-refractivity contribution in [1.29, 1.82) is 0 Å². The van der Waals surface area contributed by atoms with Crippen molar-refractivity contribution in [3.8, 4) is 11.6 Å². The van der Waals surface area contributed by atoms with Gasteiger partial charge in [0, 0.05) is 27.2 Å². The van der Waals surface area contributed by atoms with Crippen LogP contribution in [0, 0.1) is 0 Å². The largest absolute Gasteiger partial charge is 0.309 e. The summed E-state index contributed by atoms with van der Waals surface area (Å²) < 4.78 is 4.50. The maximum absolute atomic E-state index is 4.50. The van der Waals surface area contributed by atoms with Gasteiger partial charge in [-0.2, -0.15) is 0 Å². The molecule has 0 saturated carbocycles. The van der Waals surface area contributed by atoms with Crippen LogP contribution in [0.1, 0.15) is 0 Å². The summed E-state index contributed by atoms with van der Waals surface area (Å²) in [5.74, 6) is 0.614. The molecule has 5 heteroatoms. The molecule has 5 nitrogen and oxygen atoms in total. The number of fused-ring (bicyclic) bond motifs is 8. The SMILES string of the molecule is c1ccc(-n2c3cc4c(cc3c3c5ccccc5ccc32)c2ccccc2n4-c2ncncn2)cc1. The van der Waals surface area contributed by atoms with Gasteiger partial charge in [-0.15, -0.1) is 0 Å². The summed E-state index contributed by atoms with van der Waals surface area (Å²) in [6.45, 7) is 0. The van der Waals surface area contributed by atoms with Gasteiger partial charge >= 0.3 is 0 Å². The van der Waals surface area contributed by atoms with Crippen LogP contribution >= 0.6 is 0 Å². The van der Waals surface area contributed by atoms with Crippen LogP contribution in [0.3, 0.4) is 0 Å². The van der Waals surface area contributed by atoms with E-state index in [1.54, 1.807) is 12.7 Å². The lowest BCUT2D eigenvalue weighted by molar-refractivity contribution is 0.940. The average Bonchev–Trinajstić information content (AvgIpc) is 3.45. The lowest BCUT2D eigenvalue weighted by Gasteiger charge is -2.09. The third-order valence-electron chi connectivity index (χ3n) is 7.14. The van der Waals surface area contributed by atoms with Crippen LogP contribution in [0.15, 0.2) is 116 Å². The Labute approximate surface area is 205 Å². The first kappa shape index (κ1) is 19.3. The highest BCUT2D eigenvalue weighted by Crippen LogP contribution is 2.41. The molecular formula is C31H19N5. The molecule has 0 spiro atoms. The molecule has 0 fully saturated rings. The minimum atomic E-state index is 0.614. The average molecular weight is 462 g/mol. The Morgan fingerprint density at radius 3 is 2.06 bits per heavy atom. The molecular weight excluding hydrogens is 442 g/mol. The van der Waals surface area contributed by atoms with E-state index < -0.39 is 0 Å². The molecule has 0 amide bonds. The van der Waals surface area contributed by atoms with Crippen LogP contribution in [0.4, 0.5) is 0 Å². The number of benzene rings is 5. The molecule has 3 heterocycles. The Bertz CT molecular complexity index is 2090. The van der Waals surface area contributed by atoms with Gasteiger partial charge < -0.3 is 4.57 Å². The summed E-state index contributed by atoms with van der Waals surface area (Å²) in [5.41, 5.74) is 5.62. The molecule has 0 unspecified atom stereocenters. The molecule has 8 aromatic rings. The van der Waals surface area contributed by atoms with Crippen molar-refractivity contribution in [3.05, 3.63) is 116 Å². The number of rotatable bonds is 2. The van der Waals surface area contributed by atoms with Crippen molar-refractivity contribution in [2.24, 2.45) is 0 Å². The zero-order valence-corrected chi connectivity index (χ0v) is 19.2. The molecule has 0 N–H and O–H groups in total. The highest BCUT2D eigenvalue weighted by molar-refractivity contribution is 6.25. The van der Waals surface area contributed by atoms with Gasteiger partial charge in [0.25, 0.3) is 0 Å². The van der Waals surface area contributed by atoms with Crippen LogP contribution < -0.4 is 0 Å². The van der Waals surface area contributed by atoms with E-state index >= 15 is 0 Å². The summed E-state index contributed by atoms with van der Waals surface area (Å²) in [4.78, 5) is 13.0. The molecule has 0 radical (unpaired) electrons. The minimum Gasteiger partial charge on any atom is -0.309 e. The van der Waals surface area contributed by atoms with Crippen molar-refractivity contribution in [2.45, 2.75) is 0 Å². The van der Waals surface area contributed by atoms with E-state index in [2.05, 4.69) is 127 Å². The number of para-hydroxylation sites is 2. The van der Waals surface area contributed by atoms with Gasteiger partial charge in [0.2, 0.25) is 5.95 Å². The topological polar surface area (TPSA) is 48.5 Å². The van der Waals surface area contributed by atoms with Gasteiger partial charge in [-0.25, -0.2) is 15.0 Å². The third-order valence-corrected chi connectivity index (χ3v) is 7.14. The van der Waals surface area contributed by atoms with E-state index in [4.69, 9.17) is 0 Å². The molecule has 5 aromatic carbocycles. The van der Waals surface area contributed by atoms with Crippen LogP contribution in [0.2, 0.25) is 0 Å². The van der Waals surface area contributed by atoms with Gasteiger partial charge in [-0.1, -0.05) is 66.7 Å². The van der Waals surface area contributed by atoms with E-state index in [-0.39, 0.29) is 0 Å². The summed E-state index contributed by atoms with van der Waals surface area (Å²) in [6.07, 6.45) is 3.10. The van der Waals surface area contributed by atoms with E-state index in [1.807, 2.05) is 0 Å². The van der Waals surface area contributed by atoms with E-state index in [0.29, 0.717) is 5.95 Å². The molecule has 36 heavy (non-hydrogen) atoms. The highest BCUT2D eigenvalue weighted by Gasteiger charge is 2.20. The van der Waals surface area contributed by atoms with Crippen LogP contribution in [-0.4, -0.2) is 24.1 Å². The zero-order chi connectivity index (χ0) is 23.6. The Morgan fingerprint density at radius 1 is 0.472 bits per heavy atom. The molecule has 0 aliphatic carbocycles. The van der Waals surface area contributed by atoms with Gasteiger partial charge in [0.1, 0.15) is 12.7 Å². The standard InChI is InChI=1S/C31H19N5/c1-2-9-21(10-3-1)35-27-15-14-20-8-4-5-11-22(20)30(27)25-16-24-23-12-6-7-13-26(23)36(28(24)17-29(25)35)31-33-18-32-19-34-31/h1-19H. The monoisotopic (exact) mass is 461 g/mol. The second kappa shape index (κ2) is 7.23. The van der Waals surface area contributed by atoms with Crippen molar-refractivity contribution >= 4 is 54.4 Å². The fourth-order valence-corrected chi connectivity index (χ4v) is 5.67. The van der Waals surface area contributed by atoms with E-state index in [1.165, 1.54) is 37.8 Å². The first-order chi connectivity index (χ1) is 17.9. The molecule has 0 aliphatic rings. The normalized spacial score (nSPS) is 11.9. The first-order valence-electron chi connectivity index (χ1n) is 12.0. The van der Waals surface area contributed by atoms with E-state index in [0.717, 1.165) is 22.2 Å². The maximum Gasteiger partial charge on any atom is 0.237 e. The first-order valence-corrected chi connectivity index (χ1v) is 12.0. The quantitative estimate of drug-likeness (QED) is 0.273. The molecule has 0 atom stereocenters. The van der Waals surface area contributed by atoms with Crippen molar-refractivity contribution in [2.75, 3.05) is 0 Å². The Morgan fingerprint density at radius 2 is 1.19 bits per heavy atom. The number of hydrogen-bond donors (Lipinski definition) is 0. The Kier molecular flexibility index (Phi) is 3.88. The van der Waals surface area contributed by atoms with E-state index in [9.17, 15) is 0 Å².